The van der Waals surface area contributed by atoms with Crippen LogP contribution in [0.15, 0.2) is 54.9 Å². The molecule has 0 aliphatic carbocycles. The van der Waals surface area contributed by atoms with Crippen LogP contribution in [0.3, 0.4) is 0 Å². The average Bonchev–Trinajstić information content (AvgIpc) is 2.65. The Bertz CT molecular complexity index is 930. The van der Waals surface area contributed by atoms with Gasteiger partial charge in [0.05, 0.1) is 22.8 Å². The molecule has 6 nitrogen and oxygen atoms in total. The van der Waals surface area contributed by atoms with Crippen LogP contribution in [0.4, 0.5) is 17.2 Å². The highest BCUT2D eigenvalue weighted by Crippen LogP contribution is 2.30. The van der Waals surface area contributed by atoms with Crippen molar-refractivity contribution < 1.29 is 9.53 Å². The van der Waals surface area contributed by atoms with E-state index in [1.54, 1.807) is 25.3 Å². The lowest BCUT2D eigenvalue weighted by molar-refractivity contribution is 0.102. The number of halogens is 2. The first-order valence-corrected chi connectivity index (χ1v) is 8.31. The van der Waals surface area contributed by atoms with Gasteiger partial charge < -0.3 is 15.4 Å². The number of benzene rings is 2. The lowest BCUT2D eigenvalue weighted by Crippen LogP contribution is -2.15. The summed E-state index contributed by atoms with van der Waals surface area (Å²) in [6, 6.07) is 13.8. The van der Waals surface area contributed by atoms with Crippen LogP contribution in [0.1, 0.15) is 10.5 Å². The zero-order valence-corrected chi connectivity index (χ0v) is 15.2. The van der Waals surface area contributed by atoms with Crippen LogP contribution in [0.25, 0.3) is 0 Å². The number of carbonyl (C=O) groups is 1. The van der Waals surface area contributed by atoms with E-state index in [0.29, 0.717) is 27.3 Å². The van der Waals surface area contributed by atoms with Gasteiger partial charge in [0, 0.05) is 17.8 Å². The highest BCUT2D eigenvalue weighted by molar-refractivity contribution is 6.40. The number of ether oxygens (including phenoxy) is 1. The molecule has 0 radical (unpaired) electrons. The molecule has 0 saturated carbocycles. The maximum Gasteiger partial charge on any atom is 0.274 e. The molecule has 2 N–H and O–H groups in total. The first-order valence-electron chi connectivity index (χ1n) is 7.55. The maximum absolute atomic E-state index is 12.5. The van der Waals surface area contributed by atoms with E-state index in [-0.39, 0.29) is 5.69 Å². The van der Waals surface area contributed by atoms with Gasteiger partial charge in [0.15, 0.2) is 0 Å². The standard InChI is InChI=1S/C18H14Cl2N4O2/c1-26-12-5-2-4-11(8-12)23-16-9-15(21-10-22-16)18(25)24-17-13(19)6-3-7-14(17)20/h2-10H,1H3,(H,24,25)(H,21,22,23). The van der Waals surface area contributed by atoms with Crippen LogP contribution in [-0.2, 0) is 0 Å². The third-order valence-corrected chi connectivity index (χ3v) is 4.07. The molecule has 0 fully saturated rings. The van der Waals surface area contributed by atoms with Crippen molar-refractivity contribution in [1.82, 2.24) is 9.97 Å². The van der Waals surface area contributed by atoms with E-state index in [0.717, 1.165) is 5.69 Å². The SMILES string of the molecule is COc1cccc(Nc2cc(C(=O)Nc3c(Cl)cccc3Cl)ncn2)c1. The molecule has 0 unspecified atom stereocenters. The molecular formula is C18H14Cl2N4O2. The van der Waals surface area contributed by atoms with Gasteiger partial charge in [-0.2, -0.15) is 0 Å². The summed E-state index contributed by atoms with van der Waals surface area (Å²) in [5, 5.41) is 6.45. The van der Waals surface area contributed by atoms with Crippen molar-refractivity contribution in [3.8, 4) is 5.75 Å². The molecular weight excluding hydrogens is 375 g/mol. The molecule has 1 aromatic heterocycles. The van der Waals surface area contributed by atoms with Crippen LogP contribution in [-0.4, -0.2) is 23.0 Å². The third-order valence-electron chi connectivity index (χ3n) is 3.44. The number of carbonyl (C=O) groups excluding carboxylic acids is 1. The van der Waals surface area contributed by atoms with Gasteiger partial charge in [-0.25, -0.2) is 9.97 Å². The Hall–Kier alpha value is -2.83. The summed E-state index contributed by atoms with van der Waals surface area (Å²) in [4.78, 5) is 20.6. The summed E-state index contributed by atoms with van der Waals surface area (Å²) in [6.45, 7) is 0. The Balaban J connectivity index is 1.79. The number of amides is 1. The van der Waals surface area contributed by atoms with Gasteiger partial charge in [-0.3, -0.25) is 4.79 Å². The summed E-state index contributed by atoms with van der Waals surface area (Å²) in [7, 11) is 1.59. The zero-order chi connectivity index (χ0) is 18.5. The number of para-hydroxylation sites is 1. The number of nitrogens with one attached hydrogen (secondary N) is 2. The molecule has 3 rings (SSSR count). The molecule has 0 aliphatic heterocycles. The second kappa shape index (κ2) is 8.03. The van der Waals surface area contributed by atoms with Crippen molar-refractivity contribution in [2.24, 2.45) is 0 Å². The largest absolute Gasteiger partial charge is 0.497 e. The van der Waals surface area contributed by atoms with E-state index in [9.17, 15) is 4.79 Å². The first-order chi connectivity index (χ1) is 12.6. The van der Waals surface area contributed by atoms with Crippen LogP contribution in [0.5, 0.6) is 5.75 Å². The summed E-state index contributed by atoms with van der Waals surface area (Å²) in [6.07, 6.45) is 1.30. The number of hydrogen-bond acceptors (Lipinski definition) is 5. The summed E-state index contributed by atoms with van der Waals surface area (Å²) < 4.78 is 5.18. The van der Waals surface area contributed by atoms with Gasteiger partial charge in [0.1, 0.15) is 23.6 Å². The number of hydrogen-bond donors (Lipinski definition) is 2. The van der Waals surface area contributed by atoms with Crippen LogP contribution < -0.4 is 15.4 Å². The molecule has 3 aromatic rings. The minimum Gasteiger partial charge on any atom is -0.497 e. The Labute approximate surface area is 160 Å². The maximum atomic E-state index is 12.5. The van der Waals surface area contributed by atoms with Gasteiger partial charge >= 0.3 is 0 Å². The van der Waals surface area contributed by atoms with E-state index in [2.05, 4.69) is 20.6 Å². The molecule has 8 heteroatoms. The monoisotopic (exact) mass is 388 g/mol. The molecule has 0 bridgehead atoms. The van der Waals surface area contributed by atoms with Gasteiger partial charge in [-0.1, -0.05) is 35.3 Å². The molecule has 132 valence electrons. The van der Waals surface area contributed by atoms with E-state index in [4.69, 9.17) is 27.9 Å². The summed E-state index contributed by atoms with van der Waals surface area (Å²) in [5.41, 5.74) is 1.27. The van der Waals surface area contributed by atoms with Crippen molar-refractivity contribution in [2.45, 2.75) is 0 Å². The Morgan fingerprint density at radius 3 is 2.50 bits per heavy atom. The smallest absolute Gasteiger partial charge is 0.274 e. The fourth-order valence-corrected chi connectivity index (χ4v) is 2.69. The number of methoxy groups -OCH3 is 1. The third kappa shape index (κ3) is 4.22. The van der Waals surface area contributed by atoms with Gasteiger partial charge in [-0.05, 0) is 24.3 Å². The van der Waals surface area contributed by atoms with Crippen molar-refractivity contribution >= 4 is 46.3 Å². The fourth-order valence-electron chi connectivity index (χ4n) is 2.19. The highest BCUT2D eigenvalue weighted by Gasteiger charge is 2.13. The molecule has 1 amide bonds. The van der Waals surface area contributed by atoms with Crippen molar-refractivity contribution in [1.29, 1.82) is 0 Å². The Kier molecular flexibility index (Phi) is 5.55. The molecule has 1 heterocycles. The molecule has 0 atom stereocenters. The van der Waals surface area contributed by atoms with Crippen molar-refractivity contribution in [2.75, 3.05) is 17.7 Å². The lowest BCUT2D eigenvalue weighted by Gasteiger charge is -2.10. The topological polar surface area (TPSA) is 76.1 Å². The quantitative estimate of drug-likeness (QED) is 0.656. The molecule has 0 aliphatic rings. The Morgan fingerprint density at radius 2 is 1.77 bits per heavy atom. The lowest BCUT2D eigenvalue weighted by atomic mass is 10.2. The van der Waals surface area contributed by atoms with Crippen LogP contribution in [0, 0.1) is 0 Å². The number of nitrogens with zero attached hydrogens (tertiary/aromatic N) is 2. The predicted molar refractivity (Wildman–Crippen MR) is 103 cm³/mol. The van der Waals surface area contributed by atoms with Gasteiger partial charge in [-0.15, -0.1) is 0 Å². The molecule has 0 spiro atoms. The first kappa shape index (κ1) is 18.0. The van der Waals surface area contributed by atoms with Gasteiger partial charge in [0.2, 0.25) is 0 Å². The number of anilines is 3. The van der Waals surface area contributed by atoms with Crippen molar-refractivity contribution in [3.63, 3.8) is 0 Å². The molecule has 26 heavy (non-hydrogen) atoms. The molecule has 0 saturated heterocycles. The number of aromatic nitrogens is 2. The second-order valence-corrected chi connectivity index (χ2v) is 6.01. The number of rotatable bonds is 5. The van der Waals surface area contributed by atoms with Crippen molar-refractivity contribution in [3.05, 3.63) is 70.6 Å². The highest BCUT2D eigenvalue weighted by atomic mass is 35.5. The van der Waals surface area contributed by atoms with E-state index >= 15 is 0 Å². The van der Waals surface area contributed by atoms with Gasteiger partial charge in [0.25, 0.3) is 5.91 Å². The zero-order valence-electron chi connectivity index (χ0n) is 13.7. The second-order valence-electron chi connectivity index (χ2n) is 5.20. The fraction of sp³-hybridized carbons (Fsp3) is 0.0556. The summed E-state index contributed by atoms with van der Waals surface area (Å²) >= 11 is 12.1. The minimum atomic E-state index is -0.448. The predicted octanol–water partition coefficient (Wildman–Crippen LogP) is 4.79. The Morgan fingerprint density at radius 1 is 1.04 bits per heavy atom. The van der Waals surface area contributed by atoms with Crippen LogP contribution >= 0.6 is 23.2 Å². The van der Waals surface area contributed by atoms with E-state index < -0.39 is 5.91 Å². The molecule has 2 aromatic carbocycles. The summed E-state index contributed by atoms with van der Waals surface area (Å²) in [5.74, 6) is 0.718. The normalized spacial score (nSPS) is 10.3. The van der Waals surface area contributed by atoms with E-state index in [1.165, 1.54) is 12.4 Å². The minimum absolute atomic E-state index is 0.168. The van der Waals surface area contributed by atoms with Crippen LogP contribution in [0.2, 0.25) is 10.0 Å². The average molecular weight is 389 g/mol. The van der Waals surface area contributed by atoms with E-state index in [1.807, 2.05) is 24.3 Å².